The van der Waals surface area contributed by atoms with Crippen LogP contribution in [0.15, 0.2) is 42.5 Å². The molecule has 8 heteroatoms. The normalized spacial score (nSPS) is 13.4. The second-order valence-corrected chi connectivity index (χ2v) is 9.45. The van der Waals surface area contributed by atoms with Crippen molar-refractivity contribution in [2.75, 3.05) is 18.5 Å². The van der Waals surface area contributed by atoms with Gasteiger partial charge >= 0.3 is 12.1 Å². The van der Waals surface area contributed by atoms with E-state index >= 15 is 0 Å². The summed E-state index contributed by atoms with van der Waals surface area (Å²) >= 11 is 0. The van der Waals surface area contributed by atoms with Crippen molar-refractivity contribution in [3.63, 3.8) is 0 Å². The highest BCUT2D eigenvalue weighted by Gasteiger charge is 2.31. The molecule has 1 amide bonds. The molecule has 0 bridgehead atoms. The van der Waals surface area contributed by atoms with E-state index in [0.717, 1.165) is 12.8 Å². The number of benzene rings is 2. The summed E-state index contributed by atoms with van der Waals surface area (Å²) in [5.74, 6) is -0.816. The van der Waals surface area contributed by atoms with Gasteiger partial charge in [0, 0.05) is 28.9 Å². The van der Waals surface area contributed by atoms with Gasteiger partial charge in [-0.2, -0.15) is 0 Å². The maximum Gasteiger partial charge on any atom is 0.408 e. The Morgan fingerprint density at radius 2 is 1.54 bits per heavy atom. The van der Waals surface area contributed by atoms with Crippen molar-refractivity contribution in [1.29, 1.82) is 0 Å². The average Bonchev–Trinajstić information content (AvgIpc) is 2.80. The average molecular weight is 481 g/mol. The van der Waals surface area contributed by atoms with Crippen LogP contribution in [0.3, 0.4) is 0 Å². The molecule has 186 valence electrons. The van der Waals surface area contributed by atoms with Crippen molar-refractivity contribution in [3.8, 4) is 0 Å². The van der Waals surface area contributed by atoms with E-state index in [0.29, 0.717) is 40.9 Å². The van der Waals surface area contributed by atoms with Gasteiger partial charge in [-0.15, -0.1) is 0 Å². The first-order valence-electron chi connectivity index (χ1n) is 11.8. The third-order valence-corrected chi connectivity index (χ3v) is 5.42. The zero-order chi connectivity index (χ0) is 25.6. The van der Waals surface area contributed by atoms with Gasteiger partial charge in [0.25, 0.3) is 0 Å². The number of carbonyl (C=O) groups excluding carboxylic acids is 4. The molecule has 2 aromatic carbocycles. The van der Waals surface area contributed by atoms with Crippen molar-refractivity contribution in [1.82, 2.24) is 5.32 Å². The lowest BCUT2D eigenvalue weighted by molar-refractivity contribution is -0.145. The number of unbranched alkanes of at least 4 members (excludes halogenated alkanes) is 2. The van der Waals surface area contributed by atoms with Gasteiger partial charge in [-0.25, -0.2) is 9.59 Å². The summed E-state index contributed by atoms with van der Waals surface area (Å²) in [5, 5.41) is 5.73. The van der Waals surface area contributed by atoms with E-state index in [1.807, 2.05) is 0 Å². The molecule has 8 nitrogen and oxygen atoms in total. The first kappa shape index (κ1) is 25.9. The zero-order valence-electron chi connectivity index (χ0n) is 20.6. The molecule has 0 radical (unpaired) electrons. The Morgan fingerprint density at radius 1 is 0.886 bits per heavy atom. The topological polar surface area (TPSA) is 111 Å². The molecule has 0 saturated heterocycles. The molecule has 1 atom stereocenters. The van der Waals surface area contributed by atoms with Crippen molar-refractivity contribution in [2.24, 2.45) is 0 Å². The molecule has 0 saturated carbocycles. The Bertz CT molecular complexity index is 1120. The van der Waals surface area contributed by atoms with E-state index in [1.54, 1.807) is 70.2 Å². The fourth-order valence-electron chi connectivity index (χ4n) is 3.76. The Balaban J connectivity index is 1.41. The summed E-state index contributed by atoms with van der Waals surface area (Å²) in [6, 6.07) is 11.3. The second-order valence-electron chi connectivity index (χ2n) is 9.45. The fraction of sp³-hybridized carbons (Fsp3) is 0.407. The molecule has 0 spiro atoms. The summed E-state index contributed by atoms with van der Waals surface area (Å²) in [6.45, 7) is 7.61. The zero-order valence-corrected chi connectivity index (χ0v) is 20.6. The van der Waals surface area contributed by atoms with E-state index in [9.17, 15) is 19.2 Å². The molecule has 1 aliphatic rings. The maximum atomic E-state index is 13.0. The molecule has 1 aliphatic carbocycles. The maximum absolute atomic E-state index is 13.0. The lowest BCUT2D eigenvalue weighted by atomic mass is 9.83. The van der Waals surface area contributed by atoms with Crippen molar-refractivity contribution >= 4 is 29.3 Å². The van der Waals surface area contributed by atoms with Gasteiger partial charge < -0.3 is 20.1 Å². The van der Waals surface area contributed by atoms with E-state index in [-0.39, 0.29) is 18.2 Å². The lowest BCUT2D eigenvalue weighted by Crippen LogP contribution is -2.42. The van der Waals surface area contributed by atoms with Crippen molar-refractivity contribution in [3.05, 3.63) is 64.7 Å². The Kier molecular flexibility index (Phi) is 8.27. The van der Waals surface area contributed by atoms with Crippen LogP contribution in [0.25, 0.3) is 0 Å². The quantitative estimate of drug-likeness (QED) is 0.343. The summed E-state index contributed by atoms with van der Waals surface area (Å²) in [5.41, 5.74) is 1.69. The van der Waals surface area contributed by atoms with Gasteiger partial charge in [0.15, 0.2) is 11.6 Å². The minimum atomic E-state index is -0.804. The highest BCUT2D eigenvalue weighted by molar-refractivity contribution is 6.30. The number of anilines is 1. The molecule has 0 heterocycles. The number of fused-ring (bicyclic) bond motifs is 2. The number of alkyl carbamates (subject to hydrolysis) is 1. The highest BCUT2D eigenvalue weighted by Crippen LogP contribution is 2.31. The smallest absolute Gasteiger partial charge is 0.408 e. The first-order valence-corrected chi connectivity index (χ1v) is 11.8. The minimum Gasteiger partial charge on any atom is -0.464 e. The highest BCUT2D eigenvalue weighted by atomic mass is 16.6. The van der Waals surface area contributed by atoms with Crippen LogP contribution in [0, 0.1) is 0 Å². The van der Waals surface area contributed by atoms with Gasteiger partial charge in [-0.3, -0.25) is 9.59 Å². The Labute approximate surface area is 205 Å². The van der Waals surface area contributed by atoms with Crippen molar-refractivity contribution in [2.45, 2.75) is 58.6 Å². The van der Waals surface area contributed by atoms with Gasteiger partial charge in [0.05, 0.1) is 12.2 Å². The molecular formula is C27H32N2O6. The Morgan fingerprint density at radius 3 is 2.23 bits per heavy atom. The van der Waals surface area contributed by atoms with E-state index in [1.165, 1.54) is 0 Å². The summed E-state index contributed by atoms with van der Waals surface area (Å²) < 4.78 is 10.3. The number of esters is 1. The summed E-state index contributed by atoms with van der Waals surface area (Å²) in [4.78, 5) is 49.6. The minimum absolute atomic E-state index is 0.143. The molecule has 2 N–H and O–H groups in total. The van der Waals surface area contributed by atoms with Gasteiger partial charge in [-0.05, 0) is 53.0 Å². The molecular weight excluding hydrogens is 448 g/mol. The standard InChI is InChI=1S/C27H32N2O6/c1-17(29-26(33)35-27(2,3)4)25(32)34-16-9-5-8-15-28-21-14-10-13-20-22(21)24(31)19-12-7-6-11-18(19)23(20)30/h6-7,10-14,17,28H,5,8-9,15-16H2,1-4H3,(H,29,33)/t17-/m1/s1. The van der Waals surface area contributed by atoms with Gasteiger partial charge in [-0.1, -0.05) is 36.4 Å². The number of hydrogen-bond donors (Lipinski definition) is 2. The van der Waals surface area contributed by atoms with Crippen LogP contribution in [0.1, 0.15) is 78.8 Å². The molecule has 0 aliphatic heterocycles. The number of ether oxygens (including phenoxy) is 2. The largest absolute Gasteiger partial charge is 0.464 e. The molecule has 0 fully saturated rings. The predicted octanol–water partition coefficient (Wildman–Crippen LogP) is 4.50. The number of nitrogens with one attached hydrogen (secondary N) is 2. The summed E-state index contributed by atoms with van der Waals surface area (Å²) in [6.07, 6.45) is 1.56. The second kappa shape index (κ2) is 11.2. The van der Waals surface area contributed by atoms with Crippen LogP contribution in [0.5, 0.6) is 0 Å². The van der Waals surface area contributed by atoms with E-state index in [4.69, 9.17) is 9.47 Å². The Hall–Kier alpha value is -3.68. The van der Waals surface area contributed by atoms with E-state index < -0.39 is 23.7 Å². The molecule has 0 unspecified atom stereocenters. The monoisotopic (exact) mass is 480 g/mol. The number of rotatable bonds is 9. The number of hydrogen-bond acceptors (Lipinski definition) is 7. The first-order chi connectivity index (χ1) is 16.6. The van der Waals surface area contributed by atoms with Crippen LogP contribution in [-0.4, -0.2) is 48.4 Å². The van der Waals surface area contributed by atoms with Crippen LogP contribution in [-0.2, 0) is 14.3 Å². The van der Waals surface area contributed by atoms with Crippen LogP contribution < -0.4 is 10.6 Å². The molecule has 0 aromatic heterocycles. The number of ketones is 2. The predicted molar refractivity (Wildman–Crippen MR) is 132 cm³/mol. The lowest BCUT2D eigenvalue weighted by Gasteiger charge is -2.21. The van der Waals surface area contributed by atoms with Gasteiger partial charge in [0.2, 0.25) is 0 Å². The van der Waals surface area contributed by atoms with Crippen molar-refractivity contribution < 1.29 is 28.7 Å². The van der Waals surface area contributed by atoms with E-state index in [2.05, 4.69) is 10.6 Å². The fourth-order valence-corrected chi connectivity index (χ4v) is 3.76. The van der Waals surface area contributed by atoms with Crippen LogP contribution >= 0.6 is 0 Å². The molecule has 35 heavy (non-hydrogen) atoms. The van der Waals surface area contributed by atoms with Gasteiger partial charge in [0.1, 0.15) is 11.6 Å². The van der Waals surface area contributed by atoms with Crippen LogP contribution in [0.4, 0.5) is 10.5 Å². The SMILES string of the molecule is C[C@@H](NC(=O)OC(C)(C)C)C(=O)OCCCCCNc1cccc2c1C(=O)c1ccccc1C2=O. The molecule has 3 rings (SSSR count). The van der Waals surface area contributed by atoms with Crippen LogP contribution in [0.2, 0.25) is 0 Å². The number of amides is 1. The third kappa shape index (κ3) is 6.68. The molecule has 2 aromatic rings. The number of carbonyl (C=O) groups is 4. The summed E-state index contributed by atoms with van der Waals surface area (Å²) in [7, 11) is 0. The third-order valence-electron chi connectivity index (χ3n) is 5.42.